The molecule has 2 rings (SSSR count). The number of nitrogens with one attached hydrogen (secondary N) is 1. The molecule has 1 aliphatic heterocycles. The Balaban J connectivity index is 2.29. The van der Waals surface area contributed by atoms with Gasteiger partial charge in [0, 0.05) is 12.6 Å². The summed E-state index contributed by atoms with van der Waals surface area (Å²) in [6.45, 7) is 5.47. The molecule has 0 aromatic heterocycles. The first-order valence-corrected chi connectivity index (χ1v) is 5.14. The van der Waals surface area contributed by atoms with Gasteiger partial charge in [0.25, 0.3) is 0 Å². The van der Waals surface area contributed by atoms with Gasteiger partial charge in [-0.25, -0.2) is 0 Å². The fourth-order valence-corrected chi connectivity index (χ4v) is 2.09. The van der Waals surface area contributed by atoms with Crippen molar-refractivity contribution in [2.45, 2.75) is 39.3 Å². The Labute approximate surface area is 80.2 Å². The smallest absolute Gasteiger partial charge is 0.0326 e. The normalized spacial score (nSPS) is 20.3. The van der Waals surface area contributed by atoms with Crippen LogP contribution in [0.2, 0.25) is 0 Å². The van der Waals surface area contributed by atoms with Gasteiger partial charge in [0.15, 0.2) is 0 Å². The molecule has 70 valence electrons. The molecule has 0 saturated carbocycles. The molecule has 13 heavy (non-hydrogen) atoms. The summed E-state index contributed by atoms with van der Waals surface area (Å²) >= 11 is 0. The van der Waals surface area contributed by atoms with Crippen LogP contribution in [0.5, 0.6) is 0 Å². The second-order valence-corrected chi connectivity index (χ2v) is 3.92. The fraction of sp³-hybridized carbons (Fsp3) is 0.500. The minimum Gasteiger partial charge on any atom is -0.306 e. The molecule has 1 unspecified atom stereocenters. The summed E-state index contributed by atoms with van der Waals surface area (Å²) in [7, 11) is 0. The first-order valence-electron chi connectivity index (χ1n) is 5.14. The Kier molecular flexibility index (Phi) is 2.36. The molecule has 0 bridgehead atoms. The van der Waals surface area contributed by atoms with Gasteiger partial charge < -0.3 is 5.32 Å². The second kappa shape index (κ2) is 3.51. The monoisotopic (exact) mass is 175 g/mol. The molecule has 1 N–H and O–H groups in total. The highest BCUT2D eigenvalue weighted by molar-refractivity contribution is 5.36. The Morgan fingerprint density at radius 1 is 1.46 bits per heavy atom. The highest BCUT2D eigenvalue weighted by atomic mass is 14.9. The molecule has 0 saturated heterocycles. The molecular weight excluding hydrogens is 158 g/mol. The van der Waals surface area contributed by atoms with E-state index >= 15 is 0 Å². The minimum atomic E-state index is 0.611. The number of hydrogen-bond donors (Lipinski definition) is 1. The zero-order chi connectivity index (χ0) is 9.26. The summed E-state index contributed by atoms with van der Waals surface area (Å²) in [6, 6.07) is 7.40. The van der Waals surface area contributed by atoms with Gasteiger partial charge in [0.05, 0.1) is 0 Å². The largest absolute Gasteiger partial charge is 0.306 e. The predicted octanol–water partition coefficient (Wildman–Crippen LogP) is 2.94. The van der Waals surface area contributed by atoms with Crippen molar-refractivity contribution >= 4 is 0 Å². The standard InChI is InChI=1S/C12H17N/c1-3-4-12-11-7-9(2)5-6-10(11)8-13-12/h5-7,12-13H,3-4,8H2,1-2H3. The Hall–Kier alpha value is -0.820. The van der Waals surface area contributed by atoms with E-state index in [-0.39, 0.29) is 0 Å². The van der Waals surface area contributed by atoms with E-state index < -0.39 is 0 Å². The van der Waals surface area contributed by atoms with E-state index in [2.05, 4.69) is 37.4 Å². The van der Waals surface area contributed by atoms with Crippen molar-refractivity contribution in [3.05, 3.63) is 34.9 Å². The van der Waals surface area contributed by atoms with E-state index in [4.69, 9.17) is 0 Å². The van der Waals surface area contributed by atoms with E-state index in [0.29, 0.717) is 6.04 Å². The lowest BCUT2D eigenvalue weighted by Gasteiger charge is -2.10. The van der Waals surface area contributed by atoms with Crippen LogP contribution in [0.25, 0.3) is 0 Å². The number of fused-ring (bicyclic) bond motifs is 1. The highest BCUT2D eigenvalue weighted by Crippen LogP contribution is 2.29. The van der Waals surface area contributed by atoms with Crippen LogP contribution in [0.3, 0.4) is 0 Å². The summed E-state index contributed by atoms with van der Waals surface area (Å²) in [4.78, 5) is 0. The van der Waals surface area contributed by atoms with Crippen molar-refractivity contribution < 1.29 is 0 Å². The molecule has 0 fully saturated rings. The average molecular weight is 175 g/mol. The Morgan fingerprint density at radius 3 is 3.08 bits per heavy atom. The van der Waals surface area contributed by atoms with Gasteiger partial charge in [-0.05, 0) is 24.5 Å². The number of rotatable bonds is 2. The topological polar surface area (TPSA) is 12.0 Å². The van der Waals surface area contributed by atoms with Crippen molar-refractivity contribution in [3.63, 3.8) is 0 Å². The number of hydrogen-bond acceptors (Lipinski definition) is 1. The van der Waals surface area contributed by atoms with Crippen LogP contribution in [-0.4, -0.2) is 0 Å². The van der Waals surface area contributed by atoms with Crippen molar-refractivity contribution in [1.29, 1.82) is 0 Å². The van der Waals surface area contributed by atoms with Gasteiger partial charge in [-0.3, -0.25) is 0 Å². The summed E-state index contributed by atoms with van der Waals surface area (Å²) in [5.41, 5.74) is 4.40. The van der Waals surface area contributed by atoms with Crippen LogP contribution < -0.4 is 5.32 Å². The molecule has 0 spiro atoms. The van der Waals surface area contributed by atoms with E-state index in [1.54, 1.807) is 0 Å². The second-order valence-electron chi connectivity index (χ2n) is 3.92. The molecule has 0 aliphatic carbocycles. The Morgan fingerprint density at radius 2 is 2.31 bits per heavy atom. The molecule has 0 amide bonds. The molecule has 0 radical (unpaired) electrons. The van der Waals surface area contributed by atoms with Crippen LogP contribution in [0.4, 0.5) is 0 Å². The van der Waals surface area contributed by atoms with Crippen molar-refractivity contribution in [3.8, 4) is 0 Å². The number of benzene rings is 1. The third-order valence-electron chi connectivity index (χ3n) is 2.79. The molecule has 1 aromatic rings. The average Bonchev–Trinajstić information content (AvgIpc) is 2.49. The lowest BCUT2D eigenvalue weighted by Crippen LogP contribution is -2.11. The molecule has 1 aromatic carbocycles. The van der Waals surface area contributed by atoms with Gasteiger partial charge in [-0.1, -0.05) is 37.1 Å². The van der Waals surface area contributed by atoms with Gasteiger partial charge in [-0.15, -0.1) is 0 Å². The lowest BCUT2D eigenvalue weighted by atomic mass is 9.99. The van der Waals surface area contributed by atoms with Crippen molar-refractivity contribution in [1.82, 2.24) is 5.32 Å². The van der Waals surface area contributed by atoms with Crippen LogP contribution in [0.1, 0.15) is 42.5 Å². The van der Waals surface area contributed by atoms with Crippen LogP contribution in [0, 0.1) is 6.92 Å². The zero-order valence-corrected chi connectivity index (χ0v) is 8.43. The van der Waals surface area contributed by atoms with E-state index in [9.17, 15) is 0 Å². The summed E-state index contributed by atoms with van der Waals surface area (Å²) in [5, 5.41) is 3.55. The van der Waals surface area contributed by atoms with E-state index in [1.165, 1.54) is 29.5 Å². The van der Waals surface area contributed by atoms with Crippen molar-refractivity contribution in [2.24, 2.45) is 0 Å². The van der Waals surface area contributed by atoms with Gasteiger partial charge in [-0.2, -0.15) is 0 Å². The Bertz CT molecular complexity index is 302. The third kappa shape index (κ3) is 1.61. The van der Waals surface area contributed by atoms with Gasteiger partial charge in [0.2, 0.25) is 0 Å². The van der Waals surface area contributed by atoms with Crippen LogP contribution in [-0.2, 0) is 6.54 Å². The van der Waals surface area contributed by atoms with Gasteiger partial charge in [0.1, 0.15) is 0 Å². The van der Waals surface area contributed by atoms with Crippen LogP contribution >= 0.6 is 0 Å². The van der Waals surface area contributed by atoms with Gasteiger partial charge >= 0.3 is 0 Å². The molecule has 1 nitrogen and oxygen atoms in total. The molecule has 1 heterocycles. The molecule has 1 heteroatoms. The maximum Gasteiger partial charge on any atom is 0.0326 e. The maximum atomic E-state index is 3.55. The molecule has 1 atom stereocenters. The van der Waals surface area contributed by atoms with E-state index in [0.717, 1.165) is 6.54 Å². The number of aryl methyl sites for hydroxylation is 1. The minimum absolute atomic E-state index is 0.611. The SMILES string of the molecule is CCCC1NCc2ccc(C)cc21. The summed E-state index contributed by atoms with van der Waals surface area (Å²) < 4.78 is 0. The first kappa shape index (κ1) is 8.76. The summed E-state index contributed by atoms with van der Waals surface area (Å²) in [6.07, 6.45) is 2.52. The molecular formula is C12H17N. The third-order valence-corrected chi connectivity index (χ3v) is 2.79. The predicted molar refractivity (Wildman–Crippen MR) is 55.7 cm³/mol. The summed E-state index contributed by atoms with van der Waals surface area (Å²) in [5.74, 6) is 0. The maximum absolute atomic E-state index is 3.55. The fourth-order valence-electron chi connectivity index (χ4n) is 2.09. The highest BCUT2D eigenvalue weighted by Gasteiger charge is 2.20. The van der Waals surface area contributed by atoms with Crippen LogP contribution in [0.15, 0.2) is 18.2 Å². The van der Waals surface area contributed by atoms with E-state index in [1.807, 2.05) is 0 Å². The quantitative estimate of drug-likeness (QED) is 0.728. The van der Waals surface area contributed by atoms with Crippen molar-refractivity contribution in [2.75, 3.05) is 0 Å². The zero-order valence-electron chi connectivity index (χ0n) is 8.43. The first-order chi connectivity index (χ1) is 6.31. The molecule has 1 aliphatic rings. The lowest BCUT2D eigenvalue weighted by molar-refractivity contribution is 0.535.